The van der Waals surface area contributed by atoms with Crippen molar-refractivity contribution in [3.63, 3.8) is 0 Å². The lowest BCUT2D eigenvalue weighted by Crippen LogP contribution is -2.27. The Balaban J connectivity index is 1.46. The first-order valence-electron chi connectivity index (χ1n) is 9.51. The summed E-state index contributed by atoms with van der Waals surface area (Å²) >= 11 is 1.34. The summed E-state index contributed by atoms with van der Waals surface area (Å²) < 4.78 is 5.23. The van der Waals surface area contributed by atoms with Crippen molar-refractivity contribution >= 4 is 34.1 Å². The number of fused-ring (bicyclic) bond motifs is 1. The van der Waals surface area contributed by atoms with Crippen LogP contribution in [-0.2, 0) is 33.8 Å². The van der Waals surface area contributed by atoms with Gasteiger partial charge < -0.3 is 4.74 Å². The zero-order chi connectivity index (χ0) is 20.1. The number of benzene rings is 1. The van der Waals surface area contributed by atoms with E-state index in [0.29, 0.717) is 22.9 Å². The lowest BCUT2D eigenvalue weighted by molar-refractivity contribution is -0.145. The van der Waals surface area contributed by atoms with Crippen LogP contribution in [0.5, 0.6) is 0 Å². The molecule has 0 saturated heterocycles. The highest BCUT2D eigenvalue weighted by Gasteiger charge is 2.16. The number of anilines is 1. The summed E-state index contributed by atoms with van der Waals surface area (Å²) in [7, 11) is 0. The third-order valence-corrected chi connectivity index (χ3v) is 5.74. The van der Waals surface area contributed by atoms with Crippen LogP contribution in [0.2, 0.25) is 0 Å². The summed E-state index contributed by atoms with van der Waals surface area (Å²) in [5, 5.41) is 2.36. The lowest BCUT2D eigenvalue weighted by Gasteiger charge is -2.14. The van der Waals surface area contributed by atoms with E-state index in [0.717, 1.165) is 19.3 Å². The second-order valence-electron chi connectivity index (χ2n) is 6.81. The Hall–Kier alpha value is -2.54. The second-order valence-corrected chi connectivity index (χ2v) is 7.64. The van der Waals surface area contributed by atoms with Crippen LogP contribution in [0.1, 0.15) is 60.3 Å². The molecule has 0 radical (unpaired) electrons. The molecule has 0 atom stereocenters. The maximum absolute atomic E-state index is 12.3. The smallest absolute Gasteiger partial charge is 0.306 e. The van der Waals surface area contributed by atoms with Crippen molar-refractivity contribution in [1.29, 1.82) is 0 Å². The Bertz CT molecular complexity index is 890. The molecular weight excluding hydrogens is 376 g/mol. The fraction of sp³-hybridized carbons (Fsp3) is 0.429. The van der Waals surface area contributed by atoms with Crippen molar-refractivity contribution in [2.75, 3.05) is 11.4 Å². The summed E-state index contributed by atoms with van der Waals surface area (Å²) in [6, 6.07) is 5.83. The van der Waals surface area contributed by atoms with Crippen LogP contribution in [0.4, 0.5) is 5.13 Å². The highest BCUT2D eigenvalue weighted by molar-refractivity contribution is 7.14. The Morgan fingerprint density at radius 2 is 1.96 bits per heavy atom. The number of nitrogens with zero attached hydrogens (tertiary/aromatic N) is 2. The van der Waals surface area contributed by atoms with Gasteiger partial charge in [0, 0.05) is 30.8 Å². The molecule has 148 valence electrons. The topological polar surface area (TPSA) is 76.6 Å². The van der Waals surface area contributed by atoms with Crippen LogP contribution in [0, 0.1) is 0 Å². The molecule has 0 saturated carbocycles. The average molecular weight is 401 g/mol. The molecule has 28 heavy (non-hydrogen) atoms. The summed E-state index contributed by atoms with van der Waals surface area (Å²) in [6.45, 7) is 3.94. The van der Waals surface area contributed by atoms with Gasteiger partial charge in [-0.25, -0.2) is 4.98 Å². The molecule has 1 aliphatic carbocycles. The molecule has 1 amide bonds. The Labute approximate surface area is 168 Å². The normalized spacial score (nSPS) is 12.5. The summed E-state index contributed by atoms with van der Waals surface area (Å²) in [4.78, 5) is 41.8. The van der Waals surface area contributed by atoms with Crippen molar-refractivity contribution in [1.82, 2.24) is 4.98 Å². The van der Waals surface area contributed by atoms with Crippen molar-refractivity contribution in [2.24, 2.45) is 0 Å². The molecule has 0 fully saturated rings. The Kier molecular flexibility index (Phi) is 6.57. The molecule has 2 aromatic rings. The third kappa shape index (κ3) is 4.84. The van der Waals surface area contributed by atoms with Gasteiger partial charge in [0.1, 0.15) is 6.61 Å². The Morgan fingerprint density at radius 1 is 1.18 bits per heavy atom. The summed E-state index contributed by atoms with van der Waals surface area (Å²) in [5.74, 6) is -0.545. The molecule has 6 nitrogen and oxygen atoms in total. The summed E-state index contributed by atoms with van der Waals surface area (Å²) in [5.41, 5.74) is 3.84. The molecule has 3 rings (SSSR count). The van der Waals surface area contributed by atoms with Crippen LogP contribution in [0.3, 0.4) is 0 Å². The molecule has 0 bridgehead atoms. The number of carbonyl (C=O) groups excluding carboxylic acids is 3. The van der Waals surface area contributed by atoms with E-state index in [-0.39, 0.29) is 31.1 Å². The maximum Gasteiger partial charge on any atom is 0.306 e. The molecule has 0 spiro atoms. The quantitative estimate of drug-likeness (QED) is 0.499. The van der Waals surface area contributed by atoms with Gasteiger partial charge in [0.25, 0.3) is 0 Å². The number of aryl methyl sites for hydroxylation is 2. The minimum absolute atomic E-state index is 0.0392. The van der Waals surface area contributed by atoms with E-state index in [1.165, 1.54) is 29.4 Å². The first kappa shape index (κ1) is 20.2. The first-order chi connectivity index (χ1) is 13.5. The van der Waals surface area contributed by atoms with Crippen LogP contribution in [0.25, 0.3) is 0 Å². The van der Waals surface area contributed by atoms with Crippen LogP contribution in [0.15, 0.2) is 23.6 Å². The van der Waals surface area contributed by atoms with E-state index in [1.807, 2.05) is 25.1 Å². The van der Waals surface area contributed by atoms with E-state index >= 15 is 0 Å². The molecule has 0 unspecified atom stereocenters. The van der Waals surface area contributed by atoms with E-state index in [1.54, 1.807) is 10.3 Å². The van der Waals surface area contributed by atoms with Crippen LogP contribution >= 0.6 is 11.3 Å². The number of Topliss-reactive ketones (excluding diaryl/α,β-unsaturated/α-hetero) is 1. The maximum atomic E-state index is 12.3. The van der Waals surface area contributed by atoms with Gasteiger partial charge in [-0.05, 0) is 43.4 Å². The van der Waals surface area contributed by atoms with Crippen molar-refractivity contribution in [2.45, 2.75) is 52.6 Å². The number of aromatic nitrogens is 1. The molecule has 0 N–H and O–H groups in total. The molecule has 1 aromatic carbocycles. The predicted octanol–water partition coefficient (Wildman–Crippen LogP) is 3.71. The zero-order valence-electron chi connectivity index (χ0n) is 16.2. The number of carbonyl (C=O) groups is 3. The van der Waals surface area contributed by atoms with Crippen molar-refractivity contribution < 1.29 is 19.1 Å². The number of hydrogen-bond donors (Lipinski definition) is 0. The fourth-order valence-electron chi connectivity index (χ4n) is 3.31. The van der Waals surface area contributed by atoms with Gasteiger partial charge in [-0.1, -0.05) is 12.1 Å². The van der Waals surface area contributed by atoms with E-state index < -0.39 is 5.97 Å². The number of hydrogen-bond acceptors (Lipinski definition) is 6. The molecule has 0 aliphatic heterocycles. The standard InChI is InChI=1S/C21H24N2O4S/c1-3-23(14(2)24)21-22-18(13-28-21)12-27-20(26)10-9-19(25)17-8-7-15-5-4-6-16(15)11-17/h7-8,11,13H,3-6,9-10,12H2,1-2H3. The number of rotatable bonds is 8. The van der Waals surface area contributed by atoms with E-state index in [9.17, 15) is 14.4 Å². The largest absolute Gasteiger partial charge is 0.459 e. The van der Waals surface area contributed by atoms with Gasteiger partial charge in [0.05, 0.1) is 12.1 Å². The van der Waals surface area contributed by atoms with Gasteiger partial charge in [0.15, 0.2) is 10.9 Å². The third-order valence-electron chi connectivity index (χ3n) is 4.82. The average Bonchev–Trinajstić information content (AvgIpc) is 3.33. The number of amides is 1. The van der Waals surface area contributed by atoms with Crippen molar-refractivity contribution in [3.8, 4) is 0 Å². The minimum atomic E-state index is -0.428. The lowest BCUT2D eigenvalue weighted by atomic mass is 10.0. The number of ketones is 1. The van der Waals surface area contributed by atoms with Gasteiger partial charge in [-0.15, -0.1) is 11.3 Å². The fourth-order valence-corrected chi connectivity index (χ4v) is 4.23. The predicted molar refractivity (Wildman–Crippen MR) is 108 cm³/mol. The van der Waals surface area contributed by atoms with Crippen LogP contribution < -0.4 is 4.90 Å². The molecule has 1 aliphatic rings. The van der Waals surface area contributed by atoms with Crippen LogP contribution in [-0.4, -0.2) is 29.2 Å². The SMILES string of the molecule is CCN(C(C)=O)c1nc(COC(=O)CCC(=O)c2ccc3c(c2)CCC3)cs1. The molecule has 7 heteroatoms. The second kappa shape index (κ2) is 9.10. The Morgan fingerprint density at radius 3 is 2.71 bits per heavy atom. The first-order valence-corrected chi connectivity index (χ1v) is 10.4. The minimum Gasteiger partial charge on any atom is -0.459 e. The van der Waals surface area contributed by atoms with E-state index in [4.69, 9.17) is 4.74 Å². The number of thiazole rings is 1. The van der Waals surface area contributed by atoms with Crippen molar-refractivity contribution in [3.05, 3.63) is 46.0 Å². The summed E-state index contributed by atoms with van der Waals surface area (Å²) in [6.07, 6.45) is 3.42. The van der Waals surface area contributed by atoms with E-state index in [2.05, 4.69) is 4.98 Å². The molecular formula is C21H24N2O4S. The number of esters is 1. The molecule has 1 heterocycles. The van der Waals surface area contributed by atoms with Gasteiger partial charge in [-0.3, -0.25) is 19.3 Å². The number of ether oxygens (including phenoxy) is 1. The van der Waals surface area contributed by atoms with Gasteiger partial charge in [-0.2, -0.15) is 0 Å². The molecule has 1 aromatic heterocycles. The highest BCUT2D eigenvalue weighted by Crippen LogP contribution is 2.24. The monoisotopic (exact) mass is 400 g/mol. The highest BCUT2D eigenvalue weighted by atomic mass is 32.1. The zero-order valence-corrected chi connectivity index (χ0v) is 17.0. The van der Waals surface area contributed by atoms with Gasteiger partial charge >= 0.3 is 5.97 Å². The van der Waals surface area contributed by atoms with Gasteiger partial charge in [0.2, 0.25) is 5.91 Å².